The third-order valence-corrected chi connectivity index (χ3v) is 0.339. The lowest BCUT2D eigenvalue weighted by Crippen LogP contribution is -2.21. The van der Waals surface area contributed by atoms with Crippen LogP contribution in [0.25, 0.3) is 0 Å². The van der Waals surface area contributed by atoms with E-state index in [4.69, 9.17) is 14.7 Å². The Balaban J connectivity index is 0. The number of carbonyl (C=O) groups excluding carboxylic acids is 1. The zero-order valence-corrected chi connectivity index (χ0v) is 5.26. The van der Waals surface area contributed by atoms with Crippen LogP contribution in [0.2, 0.25) is 0 Å². The van der Waals surface area contributed by atoms with Crippen LogP contribution in [0.3, 0.4) is 0 Å². The molecule has 0 fully saturated rings. The van der Waals surface area contributed by atoms with Gasteiger partial charge in [0.2, 0.25) is 0 Å². The van der Waals surface area contributed by atoms with Crippen LogP contribution in [-0.2, 0) is 9.59 Å². The van der Waals surface area contributed by atoms with E-state index in [2.05, 4.69) is 6.58 Å². The smallest absolute Gasteiger partial charge is 0.475 e. The second-order valence-corrected chi connectivity index (χ2v) is 1.17. The van der Waals surface area contributed by atoms with Gasteiger partial charge in [-0.2, -0.15) is 13.2 Å². The Morgan fingerprint density at radius 3 is 1.64 bits per heavy atom. The Hall–Kier alpha value is -1.33. The minimum atomic E-state index is -5.08. The topological polar surface area (TPSA) is 54.4 Å². The molecule has 0 amide bonds. The van der Waals surface area contributed by atoms with E-state index in [9.17, 15) is 13.2 Å². The van der Waals surface area contributed by atoms with Crippen molar-refractivity contribution < 1.29 is 27.9 Å². The third kappa shape index (κ3) is 12.0. The summed E-state index contributed by atoms with van der Waals surface area (Å²) in [5.41, 5.74) is 0. The highest BCUT2D eigenvalue weighted by Crippen LogP contribution is 2.13. The first-order valence-electron chi connectivity index (χ1n) is 2.22. The Morgan fingerprint density at radius 2 is 1.64 bits per heavy atom. The maximum atomic E-state index is 10.6. The molecule has 0 radical (unpaired) electrons. The summed E-state index contributed by atoms with van der Waals surface area (Å²) in [6.07, 6.45) is -3.25. The molecule has 0 unspecified atom stereocenters. The largest absolute Gasteiger partial charge is 0.490 e. The molecule has 0 aromatic heterocycles. The van der Waals surface area contributed by atoms with Gasteiger partial charge >= 0.3 is 12.1 Å². The zero-order chi connectivity index (χ0) is 9.49. The Bertz CT molecular complexity index is 144. The molecular weight excluding hydrogens is 165 g/mol. The van der Waals surface area contributed by atoms with Crippen LogP contribution in [0.4, 0.5) is 13.2 Å². The zero-order valence-electron chi connectivity index (χ0n) is 5.26. The van der Waals surface area contributed by atoms with E-state index in [1.54, 1.807) is 0 Å². The molecule has 0 heterocycles. The van der Waals surface area contributed by atoms with Crippen molar-refractivity contribution in [2.45, 2.75) is 6.18 Å². The third-order valence-electron chi connectivity index (χ3n) is 0.339. The Labute approximate surface area is 60.1 Å². The van der Waals surface area contributed by atoms with E-state index in [1.165, 1.54) is 6.08 Å². The Kier molecular flexibility index (Phi) is 6.13. The fourth-order valence-electron chi connectivity index (χ4n) is 0. The van der Waals surface area contributed by atoms with Gasteiger partial charge in [0.15, 0.2) is 0 Å². The van der Waals surface area contributed by atoms with Crippen LogP contribution >= 0.6 is 0 Å². The highest BCUT2D eigenvalue weighted by molar-refractivity contribution is 5.73. The number of hydrogen-bond acceptors (Lipinski definition) is 2. The Morgan fingerprint density at radius 1 is 1.45 bits per heavy atom. The molecule has 0 aromatic carbocycles. The average Bonchev–Trinajstić information content (AvgIpc) is 1.87. The molecule has 6 heteroatoms. The van der Waals surface area contributed by atoms with Gasteiger partial charge in [-0.1, -0.05) is 6.58 Å². The lowest BCUT2D eigenvalue weighted by Gasteiger charge is -1.93. The molecule has 0 bridgehead atoms. The van der Waals surface area contributed by atoms with Crippen LogP contribution in [0.5, 0.6) is 0 Å². The monoisotopic (exact) mass is 170 g/mol. The lowest BCUT2D eigenvalue weighted by atomic mass is 10.7. The number of carboxylic acid groups (broad SMARTS) is 1. The molecule has 0 aliphatic rings. The normalized spacial score (nSPS) is 9.00. The van der Waals surface area contributed by atoms with Gasteiger partial charge < -0.3 is 5.11 Å². The SMILES string of the molecule is C=CC=O.O=C(O)C(F)(F)F. The van der Waals surface area contributed by atoms with Gasteiger partial charge in [0.1, 0.15) is 6.29 Å². The molecule has 0 saturated carbocycles. The van der Waals surface area contributed by atoms with E-state index < -0.39 is 12.1 Å². The number of carboxylic acids is 1. The predicted molar refractivity (Wildman–Crippen MR) is 30.0 cm³/mol. The summed E-state index contributed by atoms with van der Waals surface area (Å²) in [6.45, 7) is 3.11. The minimum Gasteiger partial charge on any atom is -0.475 e. The van der Waals surface area contributed by atoms with Crippen LogP contribution in [0.15, 0.2) is 12.7 Å². The molecule has 0 aromatic rings. The number of allylic oxidation sites excluding steroid dienone is 1. The first-order valence-corrected chi connectivity index (χ1v) is 2.22. The second kappa shape index (κ2) is 5.45. The van der Waals surface area contributed by atoms with Crippen LogP contribution in [0.1, 0.15) is 0 Å². The number of rotatable bonds is 1. The molecule has 0 spiro atoms. The first-order chi connectivity index (χ1) is 4.86. The standard InChI is InChI=1S/C3H4O.C2HF3O2/c1-2-3-4;3-2(4,5)1(6)7/h2-3H,1H2;(H,6,7). The number of alkyl halides is 3. The van der Waals surface area contributed by atoms with E-state index in [0.29, 0.717) is 6.29 Å². The lowest BCUT2D eigenvalue weighted by molar-refractivity contribution is -0.192. The quantitative estimate of drug-likeness (QED) is 0.471. The van der Waals surface area contributed by atoms with Gasteiger partial charge in [0, 0.05) is 0 Å². The minimum absolute atomic E-state index is 0.639. The molecular formula is C5H5F3O3. The number of halogens is 3. The summed E-state index contributed by atoms with van der Waals surface area (Å²) in [4.78, 5) is 18.0. The molecule has 3 nitrogen and oxygen atoms in total. The van der Waals surface area contributed by atoms with E-state index >= 15 is 0 Å². The highest BCUT2D eigenvalue weighted by atomic mass is 19.4. The molecule has 0 rings (SSSR count). The summed E-state index contributed by atoms with van der Waals surface area (Å²) in [6, 6.07) is 0. The van der Waals surface area contributed by atoms with Crippen molar-refractivity contribution in [3.8, 4) is 0 Å². The van der Waals surface area contributed by atoms with Crippen molar-refractivity contribution in [1.29, 1.82) is 0 Å². The fraction of sp³-hybridized carbons (Fsp3) is 0.200. The summed E-state index contributed by atoms with van der Waals surface area (Å²) in [5, 5.41) is 7.12. The van der Waals surface area contributed by atoms with Gasteiger partial charge in [-0.25, -0.2) is 4.79 Å². The summed E-state index contributed by atoms with van der Waals surface area (Å²) in [5.74, 6) is -2.76. The van der Waals surface area contributed by atoms with Crippen LogP contribution in [-0.4, -0.2) is 23.5 Å². The summed E-state index contributed by atoms with van der Waals surface area (Å²) < 4.78 is 31.7. The van der Waals surface area contributed by atoms with Gasteiger partial charge in [-0.05, 0) is 6.08 Å². The molecule has 0 saturated heterocycles. The maximum absolute atomic E-state index is 10.6. The van der Waals surface area contributed by atoms with E-state index in [-0.39, 0.29) is 0 Å². The van der Waals surface area contributed by atoms with Gasteiger partial charge in [0.25, 0.3) is 0 Å². The molecule has 11 heavy (non-hydrogen) atoms. The van der Waals surface area contributed by atoms with Crippen molar-refractivity contribution in [3.63, 3.8) is 0 Å². The fourth-order valence-corrected chi connectivity index (χ4v) is 0. The number of aliphatic carboxylic acids is 1. The van der Waals surface area contributed by atoms with E-state index in [0.717, 1.165) is 0 Å². The van der Waals surface area contributed by atoms with Crippen molar-refractivity contribution in [2.24, 2.45) is 0 Å². The van der Waals surface area contributed by atoms with Crippen molar-refractivity contribution in [3.05, 3.63) is 12.7 Å². The summed E-state index contributed by atoms with van der Waals surface area (Å²) >= 11 is 0. The van der Waals surface area contributed by atoms with Gasteiger partial charge in [-0.3, -0.25) is 4.79 Å². The molecule has 1 N–H and O–H groups in total. The second-order valence-electron chi connectivity index (χ2n) is 1.17. The predicted octanol–water partition coefficient (Wildman–Crippen LogP) is 1.00. The van der Waals surface area contributed by atoms with E-state index in [1.807, 2.05) is 0 Å². The highest BCUT2D eigenvalue weighted by Gasteiger charge is 2.38. The van der Waals surface area contributed by atoms with Crippen molar-refractivity contribution in [1.82, 2.24) is 0 Å². The maximum Gasteiger partial charge on any atom is 0.490 e. The average molecular weight is 170 g/mol. The number of aldehydes is 1. The molecule has 0 atom stereocenters. The van der Waals surface area contributed by atoms with Crippen LogP contribution < -0.4 is 0 Å². The summed E-state index contributed by atoms with van der Waals surface area (Å²) in [7, 11) is 0. The van der Waals surface area contributed by atoms with Crippen molar-refractivity contribution >= 4 is 12.3 Å². The number of carbonyl (C=O) groups is 2. The van der Waals surface area contributed by atoms with Gasteiger partial charge in [0.05, 0.1) is 0 Å². The molecule has 0 aliphatic carbocycles. The molecule has 64 valence electrons. The molecule has 0 aliphatic heterocycles. The van der Waals surface area contributed by atoms with Gasteiger partial charge in [-0.15, -0.1) is 0 Å². The number of hydrogen-bond donors (Lipinski definition) is 1. The van der Waals surface area contributed by atoms with Crippen LogP contribution in [0, 0.1) is 0 Å². The first kappa shape index (κ1) is 12.4. The van der Waals surface area contributed by atoms with Crippen molar-refractivity contribution in [2.75, 3.05) is 0 Å².